The van der Waals surface area contributed by atoms with Crippen LogP contribution < -0.4 is 11.1 Å². The molecular formula is C16H22N4O. The molecule has 1 aromatic carbocycles. The number of benzene rings is 1. The molecule has 0 atom stereocenters. The van der Waals surface area contributed by atoms with Gasteiger partial charge >= 0.3 is 0 Å². The van der Waals surface area contributed by atoms with Crippen molar-refractivity contribution in [3.05, 3.63) is 30.6 Å². The van der Waals surface area contributed by atoms with Gasteiger partial charge in [-0.3, -0.25) is 4.79 Å². The van der Waals surface area contributed by atoms with Gasteiger partial charge in [0, 0.05) is 25.0 Å². The Kier molecular flexibility index (Phi) is 3.92. The maximum atomic E-state index is 11.8. The molecule has 0 radical (unpaired) electrons. The van der Waals surface area contributed by atoms with E-state index in [0.29, 0.717) is 13.0 Å². The van der Waals surface area contributed by atoms with E-state index in [1.54, 1.807) is 0 Å². The Morgan fingerprint density at radius 3 is 2.95 bits per heavy atom. The summed E-state index contributed by atoms with van der Waals surface area (Å²) in [5.74, 6) is 0.0766. The summed E-state index contributed by atoms with van der Waals surface area (Å²) in [5.41, 5.74) is 7.99. The number of amides is 1. The van der Waals surface area contributed by atoms with Crippen LogP contribution >= 0.6 is 0 Å². The predicted molar refractivity (Wildman–Crippen MR) is 82.7 cm³/mol. The van der Waals surface area contributed by atoms with E-state index in [-0.39, 0.29) is 11.4 Å². The number of carbonyl (C=O) groups excluding carboxylic acids is 1. The van der Waals surface area contributed by atoms with E-state index in [2.05, 4.69) is 20.9 Å². The summed E-state index contributed by atoms with van der Waals surface area (Å²) in [6.45, 7) is 1.54. The number of aryl methyl sites for hydroxylation is 1. The van der Waals surface area contributed by atoms with Crippen molar-refractivity contribution in [2.75, 3.05) is 6.54 Å². The van der Waals surface area contributed by atoms with Gasteiger partial charge in [0.05, 0.1) is 17.4 Å². The number of para-hydroxylation sites is 2. The van der Waals surface area contributed by atoms with E-state index >= 15 is 0 Å². The lowest BCUT2D eigenvalue weighted by atomic mass is 9.75. The number of hydrogen-bond acceptors (Lipinski definition) is 3. The van der Waals surface area contributed by atoms with Crippen molar-refractivity contribution >= 4 is 16.9 Å². The summed E-state index contributed by atoms with van der Waals surface area (Å²) in [7, 11) is 0. The monoisotopic (exact) mass is 286 g/mol. The third-order valence-corrected chi connectivity index (χ3v) is 4.29. The molecule has 0 bridgehead atoms. The smallest absolute Gasteiger partial charge is 0.221 e. The van der Waals surface area contributed by atoms with Crippen molar-refractivity contribution in [2.24, 2.45) is 5.73 Å². The van der Waals surface area contributed by atoms with Crippen LogP contribution in [0.2, 0.25) is 0 Å². The minimum Gasteiger partial charge on any atom is -0.356 e. The molecule has 1 amide bonds. The fourth-order valence-corrected chi connectivity index (χ4v) is 2.86. The highest BCUT2D eigenvalue weighted by Crippen LogP contribution is 2.31. The number of imidazole rings is 1. The van der Waals surface area contributed by atoms with Crippen LogP contribution in [-0.4, -0.2) is 27.5 Å². The summed E-state index contributed by atoms with van der Waals surface area (Å²) >= 11 is 0. The fraction of sp³-hybridized carbons (Fsp3) is 0.500. The average molecular weight is 286 g/mol. The van der Waals surface area contributed by atoms with Gasteiger partial charge in [0.2, 0.25) is 5.91 Å². The number of nitrogens with zero attached hydrogens (tertiary/aromatic N) is 2. The molecule has 1 heterocycles. The van der Waals surface area contributed by atoms with Gasteiger partial charge in [0.15, 0.2) is 0 Å². The van der Waals surface area contributed by atoms with E-state index in [1.165, 1.54) is 0 Å². The van der Waals surface area contributed by atoms with Gasteiger partial charge in [-0.25, -0.2) is 4.98 Å². The molecule has 0 aliphatic heterocycles. The lowest BCUT2D eigenvalue weighted by Gasteiger charge is -2.37. The Morgan fingerprint density at radius 1 is 1.38 bits per heavy atom. The highest BCUT2D eigenvalue weighted by atomic mass is 16.1. The SMILES string of the molecule is NC1(CC(=O)NCCCn2cnc3ccccc32)CCC1. The maximum Gasteiger partial charge on any atom is 0.221 e. The summed E-state index contributed by atoms with van der Waals surface area (Å²) < 4.78 is 2.12. The first-order valence-electron chi connectivity index (χ1n) is 7.62. The molecule has 112 valence electrons. The van der Waals surface area contributed by atoms with Crippen LogP contribution in [0.3, 0.4) is 0 Å². The molecule has 1 aliphatic rings. The fourth-order valence-electron chi connectivity index (χ4n) is 2.86. The second-order valence-corrected chi connectivity index (χ2v) is 6.02. The highest BCUT2D eigenvalue weighted by Gasteiger charge is 2.34. The first kappa shape index (κ1) is 14.1. The van der Waals surface area contributed by atoms with E-state index in [0.717, 1.165) is 43.3 Å². The molecule has 1 fully saturated rings. The Morgan fingerprint density at radius 2 is 2.19 bits per heavy atom. The molecule has 2 aromatic rings. The minimum absolute atomic E-state index is 0.0766. The standard InChI is InChI=1S/C16H22N4O/c17-16(7-3-8-16)11-15(21)18-9-4-10-20-12-19-13-5-1-2-6-14(13)20/h1-2,5-6,12H,3-4,7-11,17H2,(H,18,21). The first-order valence-corrected chi connectivity index (χ1v) is 7.62. The summed E-state index contributed by atoms with van der Waals surface area (Å²) in [4.78, 5) is 16.2. The highest BCUT2D eigenvalue weighted by molar-refractivity contribution is 5.77. The average Bonchev–Trinajstić information content (AvgIpc) is 2.85. The lowest BCUT2D eigenvalue weighted by molar-refractivity contribution is -0.123. The van der Waals surface area contributed by atoms with Crippen molar-refractivity contribution in [3.63, 3.8) is 0 Å². The number of nitrogens with two attached hydrogens (primary N) is 1. The second-order valence-electron chi connectivity index (χ2n) is 6.02. The third kappa shape index (κ3) is 3.24. The normalized spacial score (nSPS) is 16.6. The quantitative estimate of drug-likeness (QED) is 0.795. The summed E-state index contributed by atoms with van der Waals surface area (Å²) in [6.07, 6.45) is 6.31. The number of fused-ring (bicyclic) bond motifs is 1. The Labute approximate surface area is 124 Å². The van der Waals surface area contributed by atoms with Gasteiger partial charge in [-0.1, -0.05) is 12.1 Å². The van der Waals surface area contributed by atoms with Gasteiger partial charge < -0.3 is 15.6 Å². The molecule has 1 aromatic heterocycles. The van der Waals surface area contributed by atoms with Crippen LogP contribution in [0.1, 0.15) is 32.1 Å². The zero-order valence-electron chi connectivity index (χ0n) is 12.2. The molecule has 0 spiro atoms. The third-order valence-electron chi connectivity index (χ3n) is 4.29. The first-order chi connectivity index (χ1) is 10.2. The Bertz CT molecular complexity index is 630. The summed E-state index contributed by atoms with van der Waals surface area (Å²) in [5, 5.41) is 2.96. The van der Waals surface area contributed by atoms with Crippen molar-refractivity contribution in [1.29, 1.82) is 0 Å². The van der Waals surface area contributed by atoms with Gasteiger partial charge in [-0.05, 0) is 37.8 Å². The maximum absolute atomic E-state index is 11.8. The molecule has 5 nitrogen and oxygen atoms in total. The van der Waals surface area contributed by atoms with Gasteiger partial charge in [0.25, 0.3) is 0 Å². The molecule has 1 aliphatic carbocycles. The van der Waals surface area contributed by atoms with Gasteiger partial charge in [0.1, 0.15) is 0 Å². The van der Waals surface area contributed by atoms with E-state index < -0.39 is 0 Å². The van der Waals surface area contributed by atoms with Crippen LogP contribution in [0.4, 0.5) is 0 Å². The lowest BCUT2D eigenvalue weighted by Crippen LogP contribution is -2.50. The Hall–Kier alpha value is -1.88. The molecule has 0 unspecified atom stereocenters. The van der Waals surface area contributed by atoms with Crippen LogP contribution in [0.5, 0.6) is 0 Å². The molecule has 1 saturated carbocycles. The van der Waals surface area contributed by atoms with Crippen LogP contribution in [0.15, 0.2) is 30.6 Å². The molecular weight excluding hydrogens is 264 g/mol. The minimum atomic E-state index is -0.232. The van der Waals surface area contributed by atoms with E-state index in [1.807, 2.05) is 24.5 Å². The molecule has 3 rings (SSSR count). The Balaban J connectivity index is 1.43. The van der Waals surface area contributed by atoms with Crippen molar-refractivity contribution in [3.8, 4) is 0 Å². The number of hydrogen-bond donors (Lipinski definition) is 2. The molecule has 21 heavy (non-hydrogen) atoms. The largest absolute Gasteiger partial charge is 0.356 e. The van der Waals surface area contributed by atoms with Crippen molar-refractivity contribution in [1.82, 2.24) is 14.9 Å². The van der Waals surface area contributed by atoms with Crippen molar-refractivity contribution in [2.45, 2.75) is 44.2 Å². The van der Waals surface area contributed by atoms with Crippen LogP contribution in [-0.2, 0) is 11.3 Å². The zero-order chi connectivity index (χ0) is 14.7. The zero-order valence-corrected chi connectivity index (χ0v) is 12.2. The van der Waals surface area contributed by atoms with E-state index in [9.17, 15) is 4.79 Å². The predicted octanol–water partition coefficient (Wildman–Crippen LogP) is 1.81. The van der Waals surface area contributed by atoms with E-state index in [4.69, 9.17) is 5.73 Å². The summed E-state index contributed by atoms with van der Waals surface area (Å²) in [6, 6.07) is 8.08. The second kappa shape index (κ2) is 5.85. The van der Waals surface area contributed by atoms with Gasteiger partial charge in [-0.15, -0.1) is 0 Å². The topological polar surface area (TPSA) is 72.9 Å². The van der Waals surface area contributed by atoms with Crippen LogP contribution in [0, 0.1) is 0 Å². The molecule has 3 N–H and O–H groups in total. The number of rotatable bonds is 6. The molecule has 5 heteroatoms. The number of nitrogens with one attached hydrogen (secondary N) is 1. The number of carbonyl (C=O) groups is 1. The van der Waals surface area contributed by atoms with Gasteiger partial charge in [-0.2, -0.15) is 0 Å². The number of aromatic nitrogens is 2. The van der Waals surface area contributed by atoms with Crippen LogP contribution in [0.25, 0.3) is 11.0 Å². The molecule has 0 saturated heterocycles. The van der Waals surface area contributed by atoms with Crippen molar-refractivity contribution < 1.29 is 4.79 Å².